The molecule has 0 amide bonds. The first-order chi connectivity index (χ1) is 9.31. The Labute approximate surface area is 113 Å². The summed E-state index contributed by atoms with van der Waals surface area (Å²) in [5.74, 6) is 3.55. The van der Waals surface area contributed by atoms with Gasteiger partial charge in [0.2, 0.25) is 5.89 Å². The Kier molecular flexibility index (Phi) is 2.76. The normalized spacial score (nSPS) is 38.1. The lowest BCUT2D eigenvalue weighted by atomic mass is 10.0. The summed E-state index contributed by atoms with van der Waals surface area (Å²) in [6, 6.07) is 0.200. The van der Waals surface area contributed by atoms with Crippen LogP contribution in [0.3, 0.4) is 0 Å². The second-order valence-electron chi connectivity index (χ2n) is 6.49. The molecule has 0 radical (unpaired) electrons. The van der Waals surface area contributed by atoms with Crippen LogP contribution in [0.2, 0.25) is 0 Å². The number of fused-ring (bicyclic) bond motifs is 1. The quantitative estimate of drug-likeness (QED) is 0.881. The van der Waals surface area contributed by atoms with E-state index in [1.807, 2.05) is 0 Å². The van der Waals surface area contributed by atoms with Gasteiger partial charge in [-0.3, -0.25) is 0 Å². The zero-order valence-corrected chi connectivity index (χ0v) is 11.3. The summed E-state index contributed by atoms with van der Waals surface area (Å²) in [4.78, 5) is 6.93. The van der Waals surface area contributed by atoms with Gasteiger partial charge in [-0.05, 0) is 42.7 Å². The number of nitrogens with zero attached hydrogens (tertiary/aromatic N) is 3. The van der Waals surface area contributed by atoms with Crippen molar-refractivity contribution in [2.75, 3.05) is 18.0 Å². The van der Waals surface area contributed by atoms with Crippen LogP contribution in [0.5, 0.6) is 0 Å². The van der Waals surface area contributed by atoms with E-state index in [9.17, 15) is 0 Å². The second-order valence-corrected chi connectivity index (χ2v) is 6.49. The lowest BCUT2D eigenvalue weighted by Gasteiger charge is -2.13. The third kappa shape index (κ3) is 1.95. The molecular formula is C14H22N4O. The maximum atomic E-state index is 6.11. The Bertz CT molecular complexity index is 448. The highest BCUT2D eigenvalue weighted by Crippen LogP contribution is 2.39. The fourth-order valence-electron chi connectivity index (χ4n) is 4.20. The summed E-state index contributed by atoms with van der Waals surface area (Å²) in [7, 11) is 0. The lowest BCUT2D eigenvalue weighted by molar-refractivity contribution is 0.344. The molecule has 1 aromatic rings. The Hall–Kier alpha value is -1.10. The van der Waals surface area contributed by atoms with Crippen molar-refractivity contribution in [2.45, 2.75) is 50.5 Å². The van der Waals surface area contributed by atoms with Crippen molar-refractivity contribution in [3.05, 3.63) is 5.89 Å². The molecule has 0 spiro atoms. The smallest absolute Gasteiger partial charge is 0.266 e. The number of rotatable bonds is 2. The molecule has 19 heavy (non-hydrogen) atoms. The first-order valence-electron chi connectivity index (χ1n) is 7.65. The monoisotopic (exact) mass is 262 g/mol. The van der Waals surface area contributed by atoms with Crippen LogP contribution in [0.15, 0.2) is 4.52 Å². The zero-order chi connectivity index (χ0) is 12.8. The Morgan fingerprint density at radius 3 is 2.47 bits per heavy atom. The number of anilines is 1. The lowest BCUT2D eigenvalue weighted by Crippen LogP contribution is -2.24. The average molecular weight is 262 g/mol. The van der Waals surface area contributed by atoms with Gasteiger partial charge in [-0.1, -0.05) is 12.8 Å². The minimum atomic E-state index is 0.200. The topological polar surface area (TPSA) is 68.2 Å². The minimum absolute atomic E-state index is 0.200. The highest BCUT2D eigenvalue weighted by atomic mass is 16.5. The van der Waals surface area contributed by atoms with Crippen molar-refractivity contribution >= 4 is 5.95 Å². The molecule has 3 fully saturated rings. The molecular weight excluding hydrogens is 240 g/mol. The average Bonchev–Trinajstić information content (AvgIpc) is 3.10. The van der Waals surface area contributed by atoms with Crippen LogP contribution >= 0.6 is 0 Å². The van der Waals surface area contributed by atoms with Crippen LogP contribution in [0.25, 0.3) is 0 Å². The van der Waals surface area contributed by atoms with E-state index in [0.29, 0.717) is 0 Å². The molecule has 2 N–H and O–H groups in total. The van der Waals surface area contributed by atoms with Crippen LogP contribution in [0.4, 0.5) is 5.95 Å². The summed E-state index contributed by atoms with van der Waals surface area (Å²) >= 11 is 0. The summed E-state index contributed by atoms with van der Waals surface area (Å²) in [6.07, 6.45) is 7.50. The van der Waals surface area contributed by atoms with Gasteiger partial charge in [0.25, 0.3) is 5.95 Å². The SMILES string of the molecule is N[C@@H]1CCC[C@@H]1c1nc(N2C[C@H]3CCC[C@H]3C2)no1. The maximum Gasteiger partial charge on any atom is 0.266 e. The number of hydrogen-bond donors (Lipinski definition) is 1. The zero-order valence-electron chi connectivity index (χ0n) is 11.3. The molecule has 4 atom stereocenters. The third-order valence-corrected chi connectivity index (χ3v) is 5.33. The van der Waals surface area contributed by atoms with Gasteiger partial charge in [0.1, 0.15) is 0 Å². The van der Waals surface area contributed by atoms with Crippen LogP contribution in [-0.4, -0.2) is 29.3 Å². The fraction of sp³-hybridized carbons (Fsp3) is 0.857. The molecule has 1 aromatic heterocycles. The van der Waals surface area contributed by atoms with E-state index in [1.165, 1.54) is 25.7 Å². The van der Waals surface area contributed by atoms with Gasteiger partial charge in [0, 0.05) is 19.1 Å². The molecule has 104 valence electrons. The van der Waals surface area contributed by atoms with Gasteiger partial charge in [-0.25, -0.2) is 0 Å². The first-order valence-corrected chi connectivity index (χ1v) is 7.65. The molecule has 0 bridgehead atoms. The van der Waals surface area contributed by atoms with Crippen LogP contribution in [-0.2, 0) is 0 Å². The van der Waals surface area contributed by atoms with Crippen LogP contribution < -0.4 is 10.6 Å². The Morgan fingerprint density at radius 1 is 1.05 bits per heavy atom. The van der Waals surface area contributed by atoms with Crippen molar-refractivity contribution in [1.29, 1.82) is 0 Å². The van der Waals surface area contributed by atoms with Gasteiger partial charge in [0.15, 0.2) is 0 Å². The number of hydrogen-bond acceptors (Lipinski definition) is 5. The van der Waals surface area contributed by atoms with Crippen molar-refractivity contribution in [3.8, 4) is 0 Å². The standard InChI is InChI=1S/C14H22N4O/c15-12-6-2-5-11(12)13-16-14(17-19-13)18-7-9-3-1-4-10(9)8-18/h9-12H,1-8,15H2/t9-,10+,11-,12+/m0/s1. The van der Waals surface area contributed by atoms with E-state index < -0.39 is 0 Å². The number of nitrogens with two attached hydrogens (primary N) is 1. The molecule has 1 aliphatic heterocycles. The van der Waals surface area contributed by atoms with E-state index in [0.717, 1.165) is 49.6 Å². The van der Waals surface area contributed by atoms with Crippen molar-refractivity contribution in [3.63, 3.8) is 0 Å². The Morgan fingerprint density at radius 2 is 1.79 bits per heavy atom. The van der Waals surface area contributed by atoms with Gasteiger partial charge in [-0.2, -0.15) is 4.98 Å². The summed E-state index contributed by atoms with van der Waals surface area (Å²) in [5.41, 5.74) is 6.11. The van der Waals surface area contributed by atoms with Gasteiger partial charge in [-0.15, -0.1) is 0 Å². The van der Waals surface area contributed by atoms with Crippen LogP contribution in [0.1, 0.15) is 50.3 Å². The van der Waals surface area contributed by atoms with Crippen molar-refractivity contribution in [1.82, 2.24) is 10.1 Å². The predicted octanol–water partition coefficient (Wildman–Crippen LogP) is 1.90. The first kappa shape index (κ1) is 11.7. The van der Waals surface area contributed by atoms with Crippen molar-refractivity contribution < 1.29 is 4.52 Å². The largest absolute Gasteiger partial charge is 0.338 e. The molecule has 1 saturated heterocycles. The van der Waals surface area contributed by atoms with E-state index >= 15 is 0 Å². The van der Waals surface area contributed by atoms with E-state index in [-0.39, 0.29) is 12.0 Å². The highest BCUT2D eigenvalue weighted by molar-refractivity contribution is 5.31. The number of aromatic nitrogens is 2. The summed E-state index contributed by atoms with van der Waals surface area (Å²) in [5, 5.41) is 4.19. The fourth-order valence-corrected chi connectivity index (χ4v) is 4.20. The predicted molar refractivity (Wildman–Crippen MR) is 71.9 cm³/mol. The molecule has 4 rings (SSSR count). The minimum Gasteiger partial charge on any atom is -0.338 e. The summed E-state index contributed by atoms with van der Waals surface area (Å²) < 4.78 is 5.47. The Balaban J connectivity index is 1.49. The van der Waals surface area contributed by atoms with Crippen LogP contribution in [0, 0.1) is 11.8 Å². The molecule has 2 heterocycles. The molecule has 0 unspecified atom stereocenters. The second kappa shape index (κ2) is 4.47. The highest BCUT2D eigenvalue weighted by Gasteiger charge is 2.38. The molecule has 0 aromatic carbocycles. The molecule has 2 aliphatic carbocycles. The third-order valence-electron chi connectivity index (χ3n) is 5.33. The molecule has 5 heteroatoms. The van der Waals surface area contributed by atoms with Gasteiger partial charge < -0.3 is 15.2 Å². The van der Waals surface area contributed by atoms with Crippen molar-refractivity contribution in [2.24, 2.45) is 17.6 Å². The van der Waals surface area contributed by atoms with E-state index in [4.69, 9.17) is 10.3 Å². The van der Waals surface area contributed by atoms with E-state index in [2.05, 4.69) is 15.0 Å². The molecule has 2 saturated carbocycles. The van der Waals surface area contributed by atoms with E-state index in [1.54, 1.807) is 0 Å². The summed E-state index contributed by atoms with van der Waals surface area (Å²) in [6.45, 7) is 2.22. The molecule has 3 aliphatic rings. The van der Waals surface area contributed by atoms with Gasteiger partial charge >= 0.3 is 0 Å². The molecule has 5 nitrogen and oxygen atoms in total. The van der Waals surface area contributed by atoms with Gasteiger partial charge in [0.05, 0.1) is 5.92 Å². The maximum absolute atomic E-state index is 6.11.